The molecule has 0 atom stereocenters. The van der Waals surface area contributed by atoms with Crippen molar-refractivity contribution in [2.45, 2.75) is 60.2 Å². The molecule has 0 fully saturated rings. The van der Waals surface area contributed by atoms with Gasteiger partial charge in [-0.1, -0.05) is 55.4 Å². The van der Waals surface area contributed by atoms with Crippen molar-refractivity contribution >= 4 is 11.6 Å². The highest BCUT2D eigenvalue weighted by Crippen LogP contribution is 2.40. The maximum Gasteiger partial charge on any atom is 0.573 e. The van der Waals surface area contributed by atoms with Crippen LogP contribution in [0.25, 0.3) is 0 Å². The maximum atomic E-state index is 12.2. The summed E-state index contributed by atoms with van der Waals surface area (Å²) < 4.78 is 40.4. The topological polar surface area (TPSA) is 38.3 Å². The number of amides is 1. The average molecular weight is 460 g/mol. The van der Waals surface area contributed by atoms with Gasteiger partial charge < -0.3 is 10.1 Å². The van der Waals surface area contributed by atoms with Crippen molar-refractivity contribution in [3.8, 4) is 5.75 Å². The standard InChI is InChI=1S/C27H32F3NO2/c1-19(11-16-24-21(3)10-7-17-26(24,4)5)8-6-9-20(2)18-25(32)31-22-12-14-23(15-13-22)33-27(28,29)30/h6,8-9,11-16,18H,7,10,17H2,1-5H3,(H,31,32). The van der Waals surface area contributed by atoms with E-state index in [0.717, 1.165) is 29.7 Å². The van der Waals surface area contributed by atoms with Crippen molar-refractivity contribution in [1.82, 2.24) is 0 Å². The predicted molar refractivity (Wildman–Crippen MR) is 128 cm³/mol. The van der Waals surface area contributed by atoms with E-state index >= 15 is 0 Å². The number of allylic oxidation sites excluding steroid dienone is 9. The molecule has 0 aliphatic heterocycles. The van der Waals surface area contributed by atoms with E-state index in [1.807, 2.05) is 25.2 Å². The number of halogens is 3. The first kappa shape index (κ1) is 26.2. The molecule has 0 saturated carbocycles. The lowest BCUT2D eigenvalue weighted by molar-refractivity contribution is -0.274. The minimum absolute atomic E-state index is 0.202. The van der Waals surface area contributed by atoms with Gasteiger partial charge in [-0.05, 0) is 80.9 Å². The first-order valence-corrected chi connectivity index (χ1v) is 10.9. The Morgan fingerprint density at radius 1 is 1.09 bits per heavy atom. The number of nitrogens with one attached hydrogen (secondary N) is 1. The van der Waals surface area contributed by atoms with Gasteiger partial charge in [0.05, 0.1) is 0 Å². The zero-order valence-electron chi connectivity index (χ0n) is 19.8. The second-order valence-corrected chi connectivity index (χ2v) is 8.98. The summed E-state index contributed by atoms with van der Waals surface area (Å²) in [6, 6.07) is 4.99. The Hall–Kier alpha value is -3.02. The molecule has 3 nitrogen and oxygen atoms in total. The van der Waals surface area contributed by atoms with E-state index in [-0.39, 0.29) is 17.1 Å². The van der Waals surface area contributed by atoms with Crippen LogP contribution in [0, 0.1) is 5.41 Å². The highest BCUT2D eigenvalue weighted by atomic mass is 19.4. The molecule has 1 amide bonds. The molecular formula is C27H32F3NO2. The molecule has 1 aliphatic rings. The normalized spacial score (nSPS) is 17.7. The van der Waals surface area contributed by atoms with Gasteiger partial charge in [-0.2, -0.15) is 0 Å². The van der Waals surface area contributed by atoms with Crippen molar-refractivity contribution in [3.63, 3.8) is 0 Å². The fraction of sp³-hybridized carbons (Fsp3) is 0.370. The minimum Gasteiger partial charge on any atom is -0.406 e. The molecule has 0 spiro atoms. The lowest BCUT2D eigenvalue weighted by Crippen LogP contribution is -2.19. The molecule has 0 unspecified atom stereocenters. The predicted octanol–water partition coefficient (Wildman–Crippen LogP) is 8.06. The van der Waals surface area contributed by atoms with Crippen LogP contribution in [0.5, 0.6) is 5.75 Å². The van der Waals surface area contributed by atoms with Crippen molar-refractivity contribution in [2.75, 3.05) is 5.32 Å². The fourth-order valence-corrected chi connectivity index (χ4v) is 3.81. The Labute approximate surface area is 194 Å². The molecule has 178 valence electrons. The van der Waals surface area contributed by atoms with Crippen LogP contribution in [0.3, 0.4) is 0 Å². The van der Waals surface area contributed by atoms with Crippen LogP contribution in [0.2, 0.25) is 0 Å². The van der Waals surface area contributed by atoms with E-state index in [4.69, 9.17) is 0 Å². The van der Waals surface area contributed by atoms with Crippen LogP contribution in [-0.2, 0) is 4.79 Å². The molecule has 0 heterocycles. The SMILES string of the molecule is CC(C=CC1=C(C)CCCC1(C)C)=CC=CC(C)=CC(=O)Nc1ccc(OC(F)(F)F)cc1. The first-order valence-electron chi connectivity index (χ1n) is 10.9. The van der Waals surface area contributed by atoms with Crippen molar-refractivity contribution in [1.29, 1.82) is 0 Å². The number of anilines is 1. The molecule has 0 bridgehead atoms. The molecule has 0 aromatic heterocycles. The highest BCUT2D eigenvalue weighted by molar-refractivity contribution is 6.00. The molecule has 1 aliphatic carbocycles. The van der Waals surface area contributed by atoms with Crippen LogP contribution >= 0.6 is 0 Å². The second-order valence-electron chi connectivity index (χ2n) is 8.98. The summed E-state index contributed by atoms with van der Waals surface area (Å²) in [6.45, 7) is 10.6. The Bertz CT molecular complexity index is 991. The molecule has 6 heteroatoms. The van der Waals surface area contributed by atoms with Gasteiger partial charge in [0.15, 0.2) is 0 Å². The second kappa shape index (κ2) is 11.2. The molecule has 1 aromatic rings. The molecule has 33 heavy (non-hydrogen) atoms. The third-order valence-electron chi connectivity index (χ3n) is 5.49. The monoisotopic (exact) mass is 459 g/mol. The fourth-order valence-electron chi connectivity index (χ4n) is 3.81. The molecule has 0 radical (unpaired) electrons. The summed E-state index contributed by atoms with van der Waals surface area (Å²) in [5, 5.41) is 2.61. The summed E-state index contributed by atoms with van der Waals surface area (Å²) in [5.41, 5.74) is 5.29. The Balaban J connectivity index is 1.93. The minimum atomic E-state index is -4.75. The van der Waals surface area contributed by atoms with E-state index in [2.05, 4.69) is 43.0 Å². The van der Waals surface area contributed by atoms with Gasteiger partial charge in [0.1, 0.15) is 5.75 Å². The molecule has 2 rings (SSSR count). The van der Waals surface area contributed by atoms with Gasteiger partial charge in [-0.25, -0.2) is 0 Å². The van der Waals surface area contributed by atoms with E-state index in [1.165, 1.54) is 42.2 Å². The first-order chi connectivity index (χ1) is 15.4. The maximum absolute atomic E-state index is 12.2. The zero-order valence-corrected chi connectivity index (χ0v) is 19.8. The van der Waals surface area contributed by atoms with E-state index in [9.17, 15) is 18.0 Å². The Kier molecular flexibility index (Phi) is 8.91. The lowest BCUT2D eigenvalue weighted by atomic mass is 9.72. The van der Waals surface area contributed by atoms with Crippen LogP contribution in [-0.4, -0.2) is 12.3 Å². The van der Waals surface area contributed by atoms with Crippen LogP contribution < -0.4 is 10.1 Å². The van der Waals surface area contributed by atoms with Crippen molar-refractivity contribution in [3.05, 3.63) is 83.0 Å². The molecular weight excluding hydrogens is 427 g/mol. The number of carbonyl (C=O) groups is 1. The van der Waals surface area contributed by atoms with Gasteiger partial charge in [-0.3, -0.25) is 4.79 Å². The Morgan fingerprint density at radius 2 is 1.76 bits per heavy atom. The van der Waals surface area contributed by atoms with Crippen molar-refractivity contribution < 1.29 is 22.7 Å². The zero-order chi connectivity index (χ0) is 24.6. The summed E-state index contributed by atoms with van der Waals surface area (Å²) in [6.07, 6.45) is 10.3. The smallest absolute Gasteiger partial charge is 0.406 e. The number of benzene rings is 1. The van der Waals surface area contributed by atoms with Crippen LogP contribution in [0.1, 0.15) is 53.9 Å². The van der Waals surface area contributed by atoms with Gasteiger partial charge in [-0.15, -0.1) is 13.2 Å². The lowest BCUT2D eigenvalue weighted by Gasteiger charge is -2.32. The highest BCUT2D eigenvalue weighted by Gasteiger charge is 2.31. The quantitative estimate of drug-likeness (QED) is 0.331. The summed E-state index contributed by atoms with van der Waals surface area (Å²) >= 11 is 0. The van der Waals surface area contributed by atoms with Gasteiger partial charge in [0.25, 0.3) is 0 Å². The molecule has 1 N–H and O–H groups in total. The number of rotatable bonds is 7. The van der Waals surface area contributed by atoms with E-state index in [0.29, 0.717) is 5.69 Å². The third kappa shape index (κ3) is 9.16. The number of ether oxygens (including phenoxy) is 1. The van der Waals surface area contributed by atoms with Gasteiger partial charge >= 0.3 is 6.36 Å². The number of hydrogen-bond acceptors (Lipinski definition) is 2. The largest absolute Gasteiger partial charge is 0.573 e. The van der Waals surface area contributed by atoms with Crippen LogP contribution in [0.4, 0.5) is 18.9 Å². The summed E-state index contributed by atoms with van der Waals surface area (Å²) in [5.74, 6) is -0.714. The number of alkyl halides is 3. The molecule has 1 aromatic carbocycles. The summed E-state index contributed by atoms with van der Waals surface area (Å²) in [4.78, 5) is 12.1. The third-order valence-corrected chi connectivity index (χ3v) is 5.49. The van der Waals surface area contributed by atoms with Crippen molar-refractivity contribution in [2.24, 2.45) is 5.41 Å². The average Bonchev–Trinajstić information content (AvgIpc) is 2.67. The Morgan fingerprint density at radius 3 is 2.36 bits per heavy atom. The van der Waals surface area contributed by atoms with Gasteiger partial charge in [0, 0.05) is 11.8 Å². The van der Waals surface area contributed by atoms with E-state index in [1.54, 1.807) is 6.92 Å². The van der Waals surface area contributed by atoms with Crippen LogP contribution in [0.15, 0.2) is 83.0 Å². The van der Waals surface area contributed by atoms with E-state index < -0.39 is 6.36 Å². The number of carbonyl (C=O) groups excluding carboxylic acids is 1. The molecule has 0 saturated heterocycles. The number of hydrogen-bond donors (Lipinski definition) is 1. The van der Waals surface area contributed by atoms with Gasteiger partial charge in [0.2, 0.25) is 5.91 Å². The summed E-state index contributed by atoms with van der Waals surface area (Å²) in [7, 11) is 0.